The normalized spacial score (nSPS) is 16.4. The summed E-state index contributed by atoms with van der Waals surface area (Å²) in [5.41, 5.74) is 2.19. The molecule has 1 aromatic rings. The number of rotatable bonds is 5. The number of ether oxygens (including phenoxy) is 1. The van der Waals surface area contributed by atoms with Crippen molar-refractivity contribution in [1.82, 2.24) is 4.57 Å². The van der Waals surface area contributed by atoms with E-state index in [2.05, 4.69) is 6.92 Å². The summed E-state index contributed by atoms with van der Waals surface area (Å²) in [6.45, 7) is 8.67. The van der Waals surface area contributed by atoms with Gasteiger partial charge in [-0.2, -0.15) is 0 Å². The van der Waals surface area contributed by atoms with Crippen molar-refractivity contribution in [3.8, 4) is 0 Å². The number of esters is 1. The first-order chi connectivity index (χ1) is 9.94. The van der Waals surface area contributed by atoms with E-state index < -0.39 is 0 Å². The molecule has 0 saturated heterocycles. The Morgan fingerprint density at radius 3 is 2.48 bits per heavy atom. The van der Waals surface area contributed by atoms with E-state index in [1.807, 2.05) is 6.92 Å². The van der Waals surface area contributed by atoms with Gasteiger partial charge in [0.05, 0.1) is 12.2 Å². The molecular weight excluding hydrogens is 266 g/mol. The molecule has 0 amide bonds. The quantitative estimate of drug-likeness (QED) is 0.783. The SMILES string of the molecule is CCOC(=O)c1c(C)cc(=O)n(CC2(CC)CCC2)c1C. The Kier molecular flexibility index (Phi) is 4.55. The van der Waals surface area contributed by atoms with Gasteiger partial charge >= 0.3 is 5.97 Å². The number of pyridine rings is 1. The number of nitrogens with zero attached hydrogens (tertiary/aromatic N) is 1. The molecule has 1 fully saturated rings. The summed E-state index contributed by atoms with van der Waals surface area (Å²) >= 11 is 0. The average Bonchev–Trinajstić information content (AvgIpc) is 2.37. The Morgan fingerprint density at radius 2 is 2.00 bits per heavy atom. The van der Waals surface area contributed by atoms with Crippen molar-refractivity contribution in [2.75, 3.05) is 6.61 Å². The molecule has 1 heterocycles. The lowest BCUT2D eigenvalue weighted by Gasteiger charge is -2.42. The third-order valence-electron chi connectivity index (χ3n) is 4.90. The van der Waals surface area contributed by atoms with Crippen molar-refractivity contribution in [2.24, 2.45) is 5.41 Å². The number of hydrogen-bond acceptors (Lipinski definition) is 3. The van der Waals surface area contributed by atoms with Gasteiger partial charge in [-0.05, 0) is 51.0 Å². The fraction of sp³-hybridized carbons (Fsp3) is 0.647. The van der Waals surface area contributed by atoms with E-state index in [1.54, 1.807) is 24.5 Å². The smallest absolute Gasteiger partial charge is 0.340 e. The summed E-state index contributed by atoms with van der Waals surface area (Å²) < 4.78 is 6.89. The molecule has 2 rings (SSSR count). The minimum Gasteiger partial charge on any atom is -0.462 e. The van der Waals surface area contributed by atoms with Crippen LogP contribution in [-0.2, 0) is 11.3 Å². The first kappa shape index (κ1) is 15.8. The Labute approximate surface area is 126 Å². The van der Waals surface area contributed by atoms with Crippen LogP contribution in [0.1, 0.15) is 61.1 Å². The zero-order valence-electron chi connectivity index (χ0n) is 13.5. The van der Waals surface area contributed by atoms with Crippen LogP contribution in [-0.4, -0.2) is 17.1 Å². The van der Waals surface area contributed by atoms with E-state index in [1.165, 1.54) is 6.42 Å². The summed E-state index contributed by atoms with van der Waals surface area (Å²) in [6, 6.07) is 1.56. The van der Waals surface area contributed by atoms with E-state index in [0.29, 0.717) is 24.3 Å². The molecule has 0 unspecified atom stereocenters. The predicted molar refractivity (Wildman–Crippen MR) is 82.7 cm³/mol. The largest absolute Gasteiger partial charge is 0.462 e. The second-order valence-electron chi connectivity index (χ2n) is 6.14. The van der Waals surface area contributed by atoms with Crippen molar-refractivity contribution >= 4 is 5.97 Å². The van der Waals surface area contributed by atoms with Crippen LogP contribution in [0.4, 0.5) is 0 Å². The molecule has 116 valence electrons. The summed E-state index contributed by atoms with van der Waals surface area (Å²) in [5, 5.41) is 0. The fourth-order valence-electron chi connectivity index (χ4n) is 3.27. The second-order valence-corrected chi connectivity index (χ2v) is 6.14. The van der Waals surface area contributed by atoms with Gasteiger partial charge in [0.2, 0.25) is 0 Å². The minimum absolute atomic E-state index is 0.0160. The van der Waals surface area contributed by atoms with Crippen LogP contribution in [0, 0.1) is 19.3 Å². The lowest BCUT2D eigenvalue weighted by atomic mass is 9.67. The second kappa shape index (κ2) is 6.04. The Bertz CT molecular complexity index is 591. The zero-order chi connectivity index (χ0) is 15.6. The van der Waals surface area contributed by atoms with Crippen LogP contribution in [0.3, 0.4) is 0 Å². The van der Waals surface area contributed by atoms with Crippen LogP contribution in [0.15, 0.2) is 10.9 Å². The average molecular weight is 291 g/mol. The zero-order valence-corrected chi connectivity index (χ0v) is 13.5. The molecule has 21 heavy (non-hydrogen) atoms. The van der Waals surface area contributed by atoms with Gasteiger partial charge in [0.25, 0.3) is 5.56 Å². The lowest BCUT2D eigenvalue weighted by molar-refractivity contribution is 0.0521. The van der Waals surface area contributed by atoms with Crippen LogP contribution >= 0.6 is 0 Å². The molecule has 0 atom stereocenters. The number of hydrogen-bond donors (Lipinski definition) is 0. The lowest BCUT2D eigenvalue weighted by Crippen LogP contribution is -2.38. The van der Waals surface area contributed by atoms with E-state index >= 15 is 0 Å². The van der Waals surface area contributed by atoms with Crippen LogP contribution < -0.4 is 5.56 Å². The van der Waals surface area contributed by atoms with Crippen LogP contribution in [0.2, 0.25) is 0 Å². The van der Waals surface area contributed by atoms with E-state index in [0.717, 1.165) is 25.0 Å². The highest BCUT2D eigenvalue weighted by Crippen LogP contribution is 2.45. The van der Waals surface area contributed by atoms with Gasteiger partial charge < -0.3 is 9.30 Å². The van der Waals surface area contributed by atoms with Gasteiger partial charge in [-0.1, -0.05) is 13.3 Å². The topological polar surface area (TPSA) is 48.3 Å². The van der Waals surface area contributed by atoms with Gasteiger partial charge in [0.15, 0.2) is 0 Å². The van der Waals surface area contributed by atoms with Crippen molar-refractivity contribution in [2.45, 2.75) is 59.9 Å². The number of carbonyl (C=O) groups is 1. The number of aryl methyl sites for hydroxylation is 1. The van der Waals surface area contributed by atoms with Crippen molar-refractivity contribution < 1.29 is 9.53 Å². The summed E-state index contributed by atoms with van der Waals surface area (Å²) in [5.74, 6) is -0.333. The van der Waals surface area contributed by atoms with Crippen molar-refractivity contribution in [3.63, 3.8) is 0 Å². The monoisotopic (exact) mass is 291 g/mol. The Morgan fingerprint density at radius 1 is 1.33 bits per heavy atom. The maximum Gasteiger partial charge on any atom is 0.340 e. The summed E-state index contributed by atoms with van der Waals surface area (Å²) in [7, 11) is 0. The van der Waals surface area contributed by atoms with Crippen molar-refractivity contribution in [1.29, 1.82) is 0 Å². The standard InChI is InChI=1S/C17H25NO3/c1-5-17(8-7-9-17)11-18-13(4)15(16(20)21-6-2)12(3)10-14(18)19/h10H,5-9,11H2,1-4H3. The van der Waals surface area contributed by atoms with Crippen molar-refractivity contribution in [3.05, 3.63) is 33.2 Å². The Hall–Kier alpha value is -1.58. The van der Waals surface area contributed by atoms with E-state index in [-0.39, 0.29) is 16.9 Å². The predicted octanol–water partition coefficient (Wildman–Crippen LogP) is 3.22. The first-order valence-corrected chi connectivity index (χ1v) is 7.82. The van der Waals surface area contributed by atoms with Crippen LogP contribution in [0.25, 0.3) is 0 Å². The highest BCUT2D eigenvalue weighted by molar-refractivity contribution is 5.92. The highest BCUT2D eigenvalue weighted by atomic mass is 16.5. The van der Waals surface area contributed by atoms with Crippen LogP contribution in [0.5, 0.6) is 0 Å². The molecule has 0 radical (unpaired) electrons. The molecule has 0 spiro atoms. The third kappa shape index (κ3) is 2.89. The number of aromatic nitrogens is 1. The highest BCUT2D eigenvalue weighted by Gasteiger charge is 2.36. The minimum atomic E-state index is -0.333. The van der Waals surface area contributed by atoms with E-state index in [4.69, 9.17) is 4.74 Å². The first-order valence-electron chi connectivity index (χ1n) is 7.82. The molecule has 0 aromatic carbocycles. The van der Waals surface area contributed by atoms with Gasteiger partial charge in [0, 0.05) is 18.3 Å². The molecule has 0 N–H and O–H groups in total. The summed E-state index contributed by atoms with van der Waals surface area (Å²) in [6.07, 6.45) is 4.63. The van der Waals surface area contributed by atoms with Gasteiger partial charge in [-0.3, -0.25) is 4.79 Å². The molecule has 4 nitrogen and oxygen atoms in total. The van der Waals surface area contributed by atoms with Gasteiger partial charge in [-0.25, -0.2) is 4.79 Å². The molecule has 4 heteroatoms. The molecular formula is C17H25NO3. The maximum absolute atomic E-state index is 12.3. The Balaban J connectivity index is 2.44. The number of carbonyl (C=O) groups excluding carboxylic acids is 1. The third-order valence-corrected chi connectivity index (χ3v) is 4.90. The van der Waals surface area contributed by atoms with E-state index in [9.17, 15) is 9.59 Å². The molecule has 0 bridgehead atoms. The fourth-order valence-corrected chi connectivity index (χ4v) is 3.27. The van der Waals surface area contributed by atoms with Gasteiger partial charge in [0.1, 0.15) is 0 Å². The molecule has 0 aliphatic heterocycles. The van der Waals surface area contributed by atoms with Gasteiger partial charge in [-0.15, -0.1) is 0 Å². The molecule has 1 aliphatic carbocycles. The molecule has 1 saturated carbocycles. The molecule has 1 aromatic heterocycles. The molecule has 1 aliphatic rings. The summed E-state index contributed by atoms with van der Waals surface area (Å²) in [4.78, 5) is 24.5. The maximum atomic E-state index is 12.3.